The Balaban J connectivity index is 1.48. The van der Waals surface area contributed by atoms with Gasteiger partial charge in [-0.1, -0.05) is 65.7 Å². The molecule has 0 unspecified atom stereocenters. The zero-order valence-electron chi connectivity index (χ0n) is 23.1. The number of anilines is 1. The number of carbonyl (C=O) groups is 2. The van der Waals surface area contributed by atoms with Crippen LogP contribution in [0.4, 0.5) is 15.3 Å². The number of thioether (sulfide) groups is 1. The molecule has 4 aromatic rings. The Hall–Kier alpha value is -3.70. The standard InChI is InChI=1S/C30H31Cl2N5O4S/c1-40-14-15-41-30(39)34-23-11-8-20(9-12-23)26-27(32)37-28(36-26)24(16-19-6-4-3-5-7-19)35-29(38)33-18-21-17-22(31)10-13-25(21)42-2/h3-13,17,24H,14-16,18H2,1-2H3,(H,34,39)(H,36,37)(H2,33,35,38)/t24-/m0/s1. The first-order valence-corrected chi connectivity index (χ1v) is 15.0. The molecule has 0 saturated carbocycles. The molecule has 0 aliphatic rings. The number of H-pyrrole nitrogens is 1. The van der Waals surface area contributed by atoms with Crippen molar-refractivity contribution in [3.8, 4) is 11.3 Å². The second kappa shape index (κ2) is 15.5. The molecule has 0 radical (unpaired) electrons. The van der Waals surface area contributed by atoms with Crippen molar-refractivity contribution in [1.82, 2.24) is 20.6 Å². The monoisotopic (exact) mass is 627 g/mol. The van der Waals surface area contributed by atoms with Crippen molar-refractivity contribution >= 4 is 52.8 Å². The summed E-state index contributed by atoms with van der Waals surface area (Å²) in [6.45, 7) is 0.780. The highest BCUT2D eigenvalue weighted by molar-refractivity contribution is 7.98. The van der Waals surface area contributed by atoms with E-state index >= 15 is 0 Å². The molecule has 1 atom stereocenters. The summed E-state index contributed by atoms with van der Waals surface area (Å²) in [5.74, 6) is 0.505. The molecule has 0 aliphatic heterocycles. The molecule has 4 rings (SSSR count). The first kappa shape index (κ1) is 31.2. The summed E-state index contributed by atoms with van der Waals surface area (Å²) in [5.41, 5.74) is 3.75. The number of benzene rings is 3. The number of nitrogens with one attached hydrogen (secondary N) is 4. The van der Waals surface area contributed by atoms with Crippen LogP contribution in [0, 0.1) is 0 Å². The van der Waals surface area contributed by atoms with Gasteiger partial charge in [0, 0.05) is 34.8 Å². The fraction of sp³-hybridized carbons (Fsp3) is 0.233. The third kappa shape index (κ3) is 8.90. The van der Waals surface area contributed by atoms with Crippen LogP contribution in [0.15, 0.2) is 77.7 Å². The van der Waals surface area contributed by atoms with Gasteiger partial charge in [-0.2, -0.15) is 0 Å². The van der Waals surface area contributed by atoms with E-state index in [0.29, 0.717) is 47.0 Å². The van der Waals surface area contributed by atoms with E-state index in [4.69, 9.17) is 37.7 Å². The normalized spacial score (nSPS) is 11.5. The number of nitrogens with zero attached hydrogens (tertiary/aromatic N) is 1. The Morgan fingerprint density at radius 3 is 2.50 bits per heavy atom. The van der Waals surface area contributed by atoms with E-state index in [1.807, 2.05) is 54.8 Å². The number of ether oxygens (including phenoxy) is 2. The number of methoxy groups -OCH3 is 1. The molecule has 4 N–H and O–H groups in total. The fourth-order valence-corrected chi connectivity index (χ4v) is 5.18. The highest BCUT2D eigenvalue weighted by Gasteiger charge is 2.22. The molecule has 12 heteroatoms. The Bertz CT molecular complexity index is 1490. The summed E-state index contributed by atoms with van der Waals surface area (Å²) in [5, 5.41) is 9.56. The lowest BCUT2D eigenvalue weighted by atomic mass is 10.1. The third-order valence-corrected chi connectivity index (χ3v) is 7.55. The zero-order valence-corrected chi connectivity index (χ0v) is 25.4. The van der Waals surface area contributed by atoms with Gasteiger partial charge in [0.1, 0.15) is 23.3 Å². The topological polar surface area (TPSA) is 117 Å². The van der Waals surface area contributed by atoms with E-state index in [1.165, 1.54) is 7.11 Å². The van der Waals surface area contributed by atoms with Crippen LogP contribution in [0.25, 0.3) is 11.3 Å². The Kier molecular flexibility index (Phi) is 11.5. The van der Waals surface area contributed by atoms with Crippen molar-refractivity contribution in [2.24, 2.45) is 0 Å². The van der Waals surface area contributed by atoms with Gasteiger partial charge in [-0.3, -0.25) is 5.32 Å². The molecule has 42 heavy (non-hydrogen) atoms. The quantitative estimate of drug-likeness (QED) is 0.0984. The minimum atomic E-state index is -0.576. The Labute approximate surface area is 258 Å². The van der Waals surface area contributed by atoms with Gasteiger partial charge in [0.25, 0.3) is 0 Å². The number of carbonyl (C=O) groups excluding carboxylic acids is 2. The number of imidazole rings is 1. The maximum Gasteiger partial charge on any atom is 0.411 e. The van der Waals surface area contributed by atoms with Gasteiger partial charge < -0.3 is 25.1 Å². The lowest BCUT2D eigenvalue weighted by Gasteiger charge is -2.18. The molecule has 3 aromatic carbocycles. The molecule has 0 bridgehead atoms. The maximum absolute atomic E-state index is 13.1. The van der Waals surface area contributed by atoms with Crippen LogP contribution >= 0.6 is 35.0 Å². The molecule has 9 nitrogen and oxygen atoms in total. The van der Waals surface area contributed by atoms with Crippen molar-refractivity contribution in [1.29, 1.82) is 0 Å². The number of aromatic amines is 1. The van der Waals surface area contributed by atoms with Gasteiger partial charge in [0.2, 0.25) is 0 Å². The summed E-state index contributed by atoms with van der Waals surface area (Å²) in [7, 11) is 1.53. The van der Waals surface area contributed by atoms with E-state index < -0.39 is 12.1 Å². The van der Waals surface area contributed by atoms with Crippen LogP contribution in [0.3, 0.4) is 0 Å². The largest absolute Gasteiger partial charge is 0.447 e. The Morgan fingerprint density at radius 1 is 1.02 bits per heavy atom. The fourth-order valence-electron chi connectivity index (χ4n) is 4.14. The van der Waals surface area contributed by atoms with E-state index in [1.54, 1.807) is 36.0 Å². The summed E-state index contributed by atoms with van der Waals surface area (Å²) in [4.78, 5) is 33.9. The van der Waals surface area contributed by atoms with Crippen LogP contribution < -0.4 is 16.0 Å². The summed E-state index contributed by atoms with van der Waals surface area (Å²) < 4.78 is 9.90. The molecule has 1 aromatic heterocycles. The van der Waals surface area contributed by atoms with Crippen molar-refractivity contribution in [3.05, 3.63) is 99.9 Å². The highest BCUT2D eigenvalue weighted by atomic mass is 35.5. The summed E-state index contributed by atoms with van der Waals surface area (Å²) >= 11 is 14.3. The number of rotatable bonds is 12. The average Bonchev–Trinajstić information content (AvgIpc) is 3.38. The molecule has 220 valence electrons. The van der Waals surface area contributed by atoms with Gasteiger partial charge in [0.15, 0.2) is 0 Å². The van der Waals surface area contributed by atoms with Crippen molar-refractivity contribution in [2.75, 3.05) is 31.9 Å². The number of aromatic nitrogens is 2. The predicted molar refractivity (Wildman–Crippen MR) is 167 cm³/mol. The number of urea groups is 1. The summed E-state index contributed by atoms with van der Waals surface area (Å²) in [6.07, 6.45) is 1.88. The number of hydrogen-bond donors (Lipinski definition) is 4. The number of hydrogen-bond acceptors (Lipinski definition) is 6. The highest BCUT2D eigenvalue weighted by Crippen LogP contribution is 2.30. The molecular weight excluding hydrogens is 597 g/mol. The van der Waals surface area contributed by atoms with Crippen LogP contribution in [-0.2, 0) is 22.4 Å². The Morgan fingerprint density at radius 2 is 1.79 bits per heavy atom. The second-order valence-electron chi connectivity index (χ2n) is 9.14. The second-order valence-corrected chi connectivity index (χ2v) is 10.8. The lowest BCUT2D eigenvalue weighted by molar-refractivity contribution is 0.107. The predicted octanol–water partition coefficient (Wildman–Crippen LogP) is 7.08. The van der Waals surface area contributed by atoms with Gasteiger partial charge in [0.05, 0.1) is 12.6 Å². The van der Waals surface area contributed by atoms with Crippen molar-refractivity contribution < 1.29 is 19.1 Å². The molecular formula is C30H31Cl2N5O4S. The first-order valence-electron chi connectivity index (χ1n) is 13.1. The summed E-state index contributed by atoms with van der Waals surface area (Å²) in [6, 6.07) is 21.6. The third-order valence-electron chi connectivity index (χ3n) is 6.20. The van der Waals surface area contributed by atoms with Gasteiger partial charge in [-0.05, 0) is 54.1 Å². The number of amides is 3. The van der Waals surface area contributed by atoms with Crippen molar-refractivity contribution in [3.63, 3.8) is 0 Å². The van der Waals surface area contributed by atoms with E-state index in [-0.39, 0.29) is 12.6 Å². The molecule has 0 spiro atoms. The van der Waals surface area contributed by atoms with Gasteiger partial charge >= 0.3 is 12.1 Å². The van der Waals surface area contributed by atoms with Crippen LogP contribution in [-0.4, -0.2) is 48.7 Å². The minimum Gasteiger partial charge on any atom is -0.447 e. The maximum atomic E-state index is 13.1. The molecule has 0 fully saturated rings. The van der Waals surface area contributed by atoms with Crippen LogP contribution in [0.1, 0.15) is 23.0 Å². The molecule has 0 aliphatic carbocycles. The SMILES string of the molecule is COCCOC(=O)Nc1ccc(-c2nc([C@H](Cc3ccccc3)NC(=O)NCc3cc(Cl)ccc3SC)[nH]c2Cl)cc1. The zero-order chi connectivity index (χ0) is 29.9. The van der Waals surface area contributed by atoms with E-state index in [2.05, 4.69) is 20.9 Å². The van der Waals surface area contributed by atoms with E-state index in [9.17, 15) is 9.59 Å². The first-order chi connectivity index (χ1) is 20.4. The van der Waals surface area contributed by atoms with Gasteiger partial charge in [-0.25, -0.2) is 14.6 Å². The average molecular weight is 629 g/mol. The molecule has 3 amide bonds. The molecule has 1 heterocycles. The van der Waals surface area contributed by atoms with E-state index in [0.717, 1.165) is 21.6 Å². The smallest absolute Gasteiger partial charge is 0.411 e. The lowest BCUT2D eigenvalue weighted by Crippen LogP contribution is -2.38. The van der Waals surface area contributed by atoms with Crippen LogP contribution in [0.5, 0.6) is 0 Å². The van der Waals surface area contributed by atoms with Gasteiger partial charge in [-0.15, -0.1) is 11.8 Å². The number of halogens is 2. The minimum absolute atomic E-state index is 0.154. The van der Waals surface area contributed by atoms with Crippen LogP contribution in [0.2, 0.25) is 10.2 Å². The molecule has 0 saturated heterocycles. The van der Waals surface area contributed by atoms with Crippen molar-refractivity contribution in [2.45, 2.75) is 23.9 Å².